The van der Waals surface area contributed by atoms with E-state index < -0.39 is 48.9 Å². The van der Waals surface area contributed by atoms with E-state index in [0.29, 0.717) is 23.6 Å². The van der Waals surface area contributed by atoms with E-state index in [1.807, 2.05) is 30.3 Å². The molecule has 0 radical (unpaired) electrons. The summed E-state index contributed by atoms with van der Waals surface area (Å²) < 4.78 is 36.9. The number of thiocarbonyl (C=S) groups is 1. The Balaban J connectivity index is 2.00. The van der Waals surface area contributed by atoms with E-state index in [4.69, 9.17) is 12.2 Å². The van der Waals surface area contributed by atoms with Crippen molar-refractivity contribution in [3.8, 4) is 11.1 Å². The highest BCUT2D eigenvalue weighted by molar-refractivity contribution is 7.80. The molecule has 0 aliphatic carbocycles. The monoisotopic (exact) mass is 568 g/mol. The molecule has 0 fully saturated rings. The Hall–Kier alpha value is -4.20. The molecule has 2 rings (SSSR count). The number of hydrogen-bond acceptors (Lipinski definition) is 7. The summed E-state index contributed by atoms with van der Waals surface area (Å²) in [7, 11) is 1.65. The van der Waals surface area contributed by atoms with Crippen LogP contribution in [0.2, 0.25) is 0 Å². The zero-order valence-corrected chi connectivity index (χ0v) is 21.6. The first-order valence-corrected chi connectivity index (χ1v) is 12.1. The molecule has 2 aromatic carbocycles. The van der Waals surface area contributed by atoms with Gasteiger partial charge < -0.3 is 21.3 Å². The molecule has 0 aliphatic heterocycles. The average Bonchev–Trinajstić information content (AvgIpc) is 2.92. The fourth-order valence-electron chi connectivity index (χ4n) is 3.17. The fraction of sp³-hybridized carbons (Fsp3) is 0.320. The molecule has 4 N–H and O–H groups in total. The van der Waals surface area contributed by atoms with E-state index >= 15 is 0 Å². The molecule has 14 heteroatoms. The van der Waals surface area contributed by atoms with Crippen LogP contribution < -0.4 is 21.3 Å². The van der Waals surface area contributed by atoms with Crippen LogP contribution in [0.3, 0.4) is 0 Å². The van der Waals surface area contributed by atoms with Crippen LogP contribution >= 0.6 is 12.2 Å². The van der Waals surface area contributed by atoms with E-state index in [-0.39, 0.29) is 6.42 Å². The van der Waals surface area contributed by atoms with Gasteiger partial charge in [0.05, 0.1) is 19.0 Å². The SMILES string of the molecule is CNC(=S)NCCCC(=O)NCC(=O)NC(CC(=O)OOC(=O)C(F)(F)F)c1ccc(-c2ccccc2)cc1. The Morgan fingerprint density at radius 2 is 1.54 bits per heavy atom. The summed E-state index contributed by atoms with van der Waals surface area (Å²) in [5, 5.41) is 11.0. The largest absolute Gasteiger partial charge is 0.495 e. The number of benzene rings is 2. The van der Waals surface area contributed by atoms with Crippen LogP contribution in [-0.2, 0) is 29.0 Å². The number of hydrogen-bond donors (Lipinski definition) is 4. The van der Waals surface area contributed by atoms with Crippen molar-refractivity contribution in [1.29, 1.82) is 0 Å². The molecular formula is C25H27F3N4O6S. The molecule has 0 spiro atoms. The van der Waals surface area contributed by atoms with Crippen molar-refractivity contribution in [3.63, 3.8) is 0 Å². The fourth-order valence-corrected chi connectivity index (χ4v) is 3.28. The van der Waals surface area contributed by atoms with Gasteiger partial charge in [0.1, 0.15) is 0 Å². The van der Waals surface area contributed by atoms with Gasteiger partial charge in [-0.25, -0.2) is 19.4 Å². The van der Waals surface area contributed by atoms with Crippen molar-refractivity contribution in [1.82, 2.24) is 21.3 Å². The number of carbonyl (C=O) groups excluding carboxylic acids is 4. The molecule has 1 unspecified atom stereocenters. The number of nitrogens with one attached hydrogen (secondary N) is 4. The summed E-state index contributed by atoms with van der Waals surface area (Å²) >= 11 is 4.92. The first-order chi connectivity index (χ1) is 18.5. The molecule has 2 aromatic rings. The van der Waals surface area contributed by atoms with Crippen molar-refractivity contribution < 1.29 is 42.1 Å². The minimum atomic E-state index is -5.35. The maximum atomic E-state index is 12.5. The summed E-state index contributed by atoms with van der Waals surface area (Å²) in [4.78, 5) is 55.0. The molecule has 0 aromatic heterocycles. The molecule has 0 saturated carbocycles. The van der Waals surface area contributed by atoms with Gasteiger partial charge in [-0.2, -0.15) is 13.2 Å². The van der Waals surface area contributed by atoms with Crippen molar-refractivity contribution in [2.45, 2.75) is 31.5 Å². The van der Waals surface area contributed by atoms with Gasteiger partial charge in [0, 0.05) is 20.0 Å². The topological polar surface area (TPSA) is 135 Å². The van der Waals surface area contributed by atoms with Crippen LogP contribution in [-0.4, -0.2) is 55.2 Å². The van der Waals surface area contributed by atoms with Gasteiger partial charge in [-0.3, -0.25) is 9.59 Å². The van der Waals surface area contributed by atoms with Crippen LogP contribution in [0.25, 0.3) is 11.1 Å². The van der Waals surface area contributed by atoms with Crippen LogP contribution in [0.15, 0.2) is 54.6 Å². The zero-order valence-electron chi connectivity index (χ0n) is 20.8. The average molecular weight is 569 g/mol. The highest BCUT2D eigenvalue weighted by Gasteiger charge is 2.43. The molecule has 0 heterocycles. The third-order valence-electron chi connectivity index (χ3n) is 5.11. The smallest absolute Gasteiger partial charge is 0.366 e. The number of rotatable bonds is 11. The molecule has 2 amide bonds. The lowest BCUT2D eigenvalue weighted by atomic mass is 9.99. The summed E-state index contributed by atoms with van der Waals surface area (Å²) in [6.45, 7) is 0.0270. The van der Waals surface area contributed by atoms with Crippen molar-refractivity contribution in [2.24, 2.45) is 0 Å². The molecule has 39 heavy (non-hydrogen) atoms. The summed E-state index contributed by atoms with van der Waals surface area (Å²) in [5.41, 5.74) is 2.16. The van der Waals surface area contributed by atoms with Gasteiger partial charge in [0.15, 0.2) is 5.11 Å². The van der Waals surface area contributed by atoms with Gasteiger partial charge in [-0.15, -0.1) is 0 Å². The number of amides is 2. The second-order valence-corrected chi connectivity index (χ2v) is 8.43. The molecule has 0 aliphatic rings. The Morgan fingerprint density at radius 3 is 2.15 bits per heavy atom. The second kappa shape index (κ2) is 15.3. The number of alkyl halides is 3. The van der Waals surface area contributed by atoms with E-state index in [9.17, 15) is 32.3 Å². The third-order valence-corrected chi connectivity index (χ3v) is 5.46. The maximum absolute atomic E-state index is 12.5. The normalized spacial score (nSPS) is 11.5. The van der Waals surface area contributed by atoms with Crippen molar-refractivity contribution >= 4 is 41.1 Å². The molecule has 10 nitrogen and oxygen atoms in total. The molecular weight excluding hydrogens is 541 g/mol. The van der Waals surface area contributed by atoms with E-state index in [0.717, 1.165) is 11.1 Å². The minimum Gasteiger partial charge on any atom is -0.366 e. The lowest BCUT2D eigenvalue weighted by Crippen LogP contribution is -2.39. The summed E-state index contributed by atoms with van der Waals surface area (Å²) in [6, 6.07) is 15.0. The molecule has 1 atom stereocenters. The molecule has 0 bridgehead atoms. The number of carbonyl (C=O) groups is 4. The lowest BCUT2D eigenvalue weighted by molar-refractivity contribution is -0.286. The first kappa shape index (κ1) is 31.0. The lowest BCUT2D eigenvalue weighted by Gasteiger charge is -2.19. The second-order valence-electron chi connectivity index (χ2n) is 8.02. The van der Waals surface area contributed by atoms with Crippen molar-refractivity contribution in [3.05, 3.63) is 60.2 Å². The Morgan fingerprint density at radius 1 is 0.897 bits per heavy atom. The van der Waals surface area contributed by atoms with E-state index in [1.54, 1.807) is 31.3 Å². The van der Waals surface area contributed by atoms with Crippen LogP contribution in [0, 0.1) is 0 Å². The molecule has 0 saturated heterocycles. The van der Waals surface area contributed by atoms with E-state index in [1.165, 1.54) is 0 Å². The molecule has 210 valence electrons. The van der Waals surface area contributed by atoms with Gasteiger partial charge >= 0.3 is 18.1 Å². The van der Waals surface area contributed by atoms with Gasteiger partial charge in [-0.1, -0.05) is 54.6 Å². The Kier molecular flexibility index (Phi) is 12.1. The predicted octanol–water partition coefficient (Wildman–Crippen LogP) is 2.46. The third kappa shape index (κ3) is 11.4. The van der Waals surface area contributed by atoms with E-state index in [2.05, 4.69) is 31.0 Å². The summed E-state index contributed by atoms with van der Waals surface area (Å²) in [5.74, 6) is -5.10. The Labute approximate surface area is 227 Å². The van der Waals surface area contributed by atoms with Crippen LogP contribution in [0.5, 0.6) is 0 Å². The van der Waals surface area contributed by atoms with Gasteiger partial charge in [0.25, 0.3) is 0 Å². The standard InChI is InChI=1S/C25H27F3N4O6S/c1-29-24(39)30-13-5-8-20(33)31-15-21(34)32-19(14-22(35)37-38-23(36)25(26,27)28)18-11-9-17(10-12-18)16-6-3-2-4-7-16/h2-4,6-7,9-12,19H,5,8,13-15H2,1H3,(H,31,33)(H,32,34)(H2,29,30,39). The first-order valence-electron chi connectivity index (χ1n) is 11.6. The Bertz CT molecular complexity index is 1150. The van der Waals surface area contributed by atoms with Crippen LogP contribution in [0.4, 0.5) is 13.2 Å². The summed E-state index contributed by atoms with van der Waals surface area (Å²) in [6.07, 6.45) is -5.44. The van der Waals surface area contributed by atoms with Crippen LogP contribution in [0.1, 0.15) is 30.9 Å². The maximum Gasteiger partial charge on any atom is 0.495 e. The zero-order chi connectivity index (χ0) is 28.8. The van der Waals surface area contributed by atoms with Gasteiger partial charge in [0.2, 0.25) is 11.8 Å². The number of halogens is 3. The highest BCUT2D eigenvalue weighted by atomic mass is 32.1. The predicted molar refractivity (Wildman–Crippen MR) is 138 cm³/mol. The van der Waals surface area contributed by atoms with Crippen molar-refractivity contribution in [2.75, 3.05) is 20.1 Å². The van der Waals surface area contributed by atoms with Gasteiger partial charge in [-0.05, 0) is 35.3 Å². The quantitative estimate of drug-likeness (QED) is 0.140. The highest BCUT2D eigenvalue weighted by Crippen LogP contribution is 2.24. The minimum absolute atomic E-state index is 0.119.